The summed E-state index contributed by atoms with van der Waals surface area (Å²) in [6.45, 7) is 0. The van der Waals surface area contributed by atoms with E-state index in [9.17, 15) is 4.79 Å². The largest absolute Gasteiger partial charge is 0.399 e. The van der Waals surface area contributed by atoms with Crippen molar-refractivity contribution < 1.29 is 4.79 Å². The van der Waals surface area contributed by atoms with Gasteiger partial charge in [-0.3, -0.25) is 4.79 Å². The Kier molecular flexibility index (Phi) is 3.81. The van der Waals surface area contributed by atoms with Crippen LogP contribution in [0.2, 0.25) is 15.1 Å². The van der Waals surface area contributed by atoms with Gasteiger partial charge in [0, 0.05) is 21.8 Å². The standard InChI is InChI=1S/C13H8Cl3NO/c14-7-1-3-9(11(15)5-7)13(18)10-4-2-8(17)6-12(10)16/h1-6H,17H2. The first kappa shape index (κ1) is 13.2. The van der Waals surface area contributed by atoms with Crippen LogP contribution in [0.25, 0.3) is 0 Å². The Morgan fingerprint density at radius 2 is 1.44 bits per heavy atom. The summed E-state index contributed by atoms with van der Waals surface area (Å²) in [6, 6.07) is 9.40. The summed E-state index contributed by atoms with van der Waals surface area (Å²) in [5.74, 6) is -0.262. The number of anilines is 1. The molecule has 0 saturated carbocycles. The van der Waals surface area contributed by atoms with Gasteiger partial charge in [0.05, 0.1) is 10.0 Å². The highest BCUT2D eigenvalue weighted by atomic mass is 35.5. The fourth-order valence-corrected chi connectivity index (χ4v) is 2.30. The lowest BCUT2D eigenvalue weighted by Crippen LogP contribution is -2.03. The van der Waals surface area contributed by atoms with Gasteiger partial charge in [0.1, 0.15) is 0 Å². The minimum absolute atomic E-state index is 0.262. The zero-order chi connectivity index (χ0) is 13.3. The topological polar surface area (TPSA) is 43.1 Å². The van der Waals surface area contributed by atoms with Crippen molar-refractivity contribution in [3.8, 4) is 0 Å². The lowest BCUT2D eigenvalue weighted by Gasteiger charge is -2.06. The van der Waals surface area contributed by atoms with Gasteiger partial charge in [-0.1, -0.05) is 34.8 Å². The molecule has 2 aromatic rings. The van der Waals surface area contributed by atoms with E-state index in [1.807, 2.05) is 0 Å². The van der Waals surface area contributed by atoms with E-state index in [0.29, 0.717) is 31.9 Å². The smallest absolute Gasteiger partial charge is 0.196 e. The lowest BCUT2D eigenvalue weighted by molar-refractivity contribution is 0.103. The predicted molar refractivity (Wildman–Crippen MR) is 75.8 cm³/mol. The monoisotopic (exact) mass is 299 g/mol. The number of ketones is 1. The number of carbonyl (C=O) groups excluding carboxylic acids is 1. The van der Waals surface area contributed by atoms with Crippen LogP contribution in [-0.2, 0) is 0 Å². The number of hydrogen-bond donors (Lipinski definition) is 1. The number of rotatable bonds is 2. The molecule has 2 rings (SSSR count). The molecular weight excluding hydrogens is 293 g/mol. The van der Waals surface area contributed by atoms with Gasteiger partial charge >= 0.3 is 0 Å². The zero-order valence-electron chi connectivity index (χ0n) is 9.08. The average molecular weight is 301 g/mol. The summed E-state index contributed by atoms with van der Waals surface area (Å²) >= 11 is 17.8. The van der Waals surface area contributed by atoms with Crippen molar-refractivity contribution in [2.75, 3.05) is 5.73 Å². The van der Waals surface area contributed by atoms with Gasteiger partial charge in [-0.15, -0.1) is 0 Å². The van der Waals surface area contributed by atoms with Crippen molar-refractivity contribution >= 4 is 46.3 Å². The first-order valence-corrected chi connectivity index (χ1v) is 6.17. The van der Waals surface area contributed by atoms with Gasteiger partial charge in [0.2, 0.25) is 0 Å². The number of benzene rings is 2. The van der Waals surface area contributed by atoms with E-state index in [4.69, 9.17) is 40.5 Å². The molecule has 2 N–H and O–H groups in total. The highest BCUT2D eigenvalue weighted by Gasteiger charge is 2.16. The third-order valence-electron chi connectivity index (χ3n) is 2.41. The number of nitrogen functional groups attached to an aromatic ring is 1. The van der Waals surface area contributed by atoms with Crippen molar-refractivity contribution in [3.05, 3.63) is 62.6 Å². The molecule has 0 aliphatic rings. The number of carbonyl (C=O) groups is 1. The molecule has 0 radical (unpaired) electrons. The summed E-state index contributed by atoms with van der Waals surface area (Å²) in [7, 11) is 0. The number of halogens is 3. The molecule has 0 saturated heterocycles. The van der Waals surface area contributed by atoms with Crippen LogP contribution in [0, 0.1) is 0 Å². The van der Waals surface area contributed by atoms with Gasteiger partial charge in [0.15, 0.2) is 5.78 Å². The van der Waals surface area contributed by atoms with E-state index < -0.39 is 0 Å². The van der Waals surface area contributed by atoms with Crippen LogP contribution >= 0.6 is 34.8 Å². The normalized spacial score (nSPS) is 10.4. The maximum absolute atomic E-state index is 12.3. The van der Waals surface area contributed by atoms with Crippen molar-refractivity contribution in [1.29, 1.82) is 0 Å². The first-order valence-electron chi connectivity index (χ1n) is 5.04. The van der Waals surface area contributed by atoms with Gasteiger partial charge < -0.3 is 5.73 Å². The highest BCUT2D eigenvalue weighted by Crippen LogP contribution is 2.27. The maximum Gasteiger partial charge on any atom is 0.196 e. The van der Waals surface area contributed by atoms with Crippen LogP contribution < -0.4 is 5.73 Å². The summed E-state index contributed by atoms with van der Waals surface area (Å²) in [5, 5.41) is 1.06. The average Bonchev–Trinajstić information content (AvgIpc) is 2.28. The second-order valence-electron chi connectivity index (χ2n) is 3.69. The summed E-state index contributed by atoms with van der Waals surface area (Å²) < 4.78 is 0. The van der Waals surface area contributed by atoms with Crippen molar-refractivity contribution in [2.24, 2.45) is 0 Å². The molecule has 2 nitrogen and oxygen atoms in total. The Balaban J connectivity index is 2.48. The molecule has 2 aromatic carbocycles. The Bertz CT molecular complexity index is 572. The molecule has 92 valence electrons. The molecule has 18 heavy (non-hydrogen) atoms. The van der Waals surface area contributed by atoms with E-state index in [2.05, 4.69) is 0 Å². The van der Waals surface area contributed by atoms with Crippen LogP contribution in [0.1, 0.15) is 15.9 Å². The third kappa shape index (κ3) is 2.61. The van der Waals surface area contributed by atoms with Gasteiger partial charge in [-0.2, -0.15) is 0 Å². The van der Waals surface area contributed by atoms with Crippen LogP contribution in [0.3, 0.4) is 0 Å². The maximum atomic E-state index is 12.3. The van der Waals surface area contributed by atoms with Crippen LogP contribution in [-0.4, -0.2) is 5.78 Å². The van der Waals surface area contributed by atoms with Crippen molar-refractivity contribution in [3.63, 3.8) is 0 Å². The Labute approximate surface area is 119 Å². The van der Waals surface area contributed by atoms with Gasteiger partial charge in [-0.05, 0) is 36.4 Å². The third-order valence-corrected chi connectivity index (χ3v) is 3.27. The Hall–Kier alpha value is -1.22. The molecule has 5 heteroatoms. The Morgan fingerprint density at radius 3 is 2.00 bits per heavy atom. The molecule has 0 amide bonds. The predicted octanol–water partition coefficient (Wildman–Crippen LogP) is 4.46. The summed E-state index contributed by atoms with van der Waals surface area (Å²) in [6.07, 6.45) is 0. The molecule has 0 aliphatic heterocycles. The molecule has 0 bridgehead atoms. The fraction of sp³-hybridized carbons (Fsp3) is 0. The Morgan fingerprint density at radius 1 is 0.889 bits per heavy atom. The van der Waals surface area contributed by atoms with Crippen LogP contribution in [0.15, 0.2) is 36.4 Å². The van der Waals surface area contributed by atoms with Crippen molar-refractivity contribution in [1.82, 2.24) is 0 Å². The molecule has 0 fully saturated rings. The number of hydrogen-bond acceptors (Lipinski definition) is 2. The van der Waals surface area contributed by atoms with Crippen LogP contribution in [0.4, 0.5) is 5.69 Å². The van der Waals surface area contributed by atoms with E-state index >= 15 is 0 Å². The fourth-order valence-electron chi connectivity index (χ4n) is 1.53. The molecule has 0 atom stereocenters. The lowest BCUT2D eigenvalue weighted by atomic mass is 10.0. The van der Waals surface area contributed by atoms with E-state index in [0.717, 1.165) is 0 Å². The molecule has 0 aliphatic carbocycles. The van der Waals surface area contributed by atoms with E-state index in [-0.39, 0.29) is 5.78 Å². The summed E-state index contributed by atoms with van der Waals surface area (Å²) in [5.41, 5.74) is 6.79. The quantitative estimate of drug-likeness (QED) is 0.657. The number of nitrogens with two attached hydrogens (primary N) is 1. The van der Waals surface area contributed by atoms with E-state index in [1.165, 1.54) is 12.1 Å². The molecule has 0 spiro atoms. The first-order chi connectivity index (χ1) is 8.49. The van der Waals surface area contributed by atoms with E-state index in [1.54, 1.807) is 24.3 Å². The molecule has 0 unspecified atom stereocenters. The van der Waals surface area contributed by atoms with Gasteiger partial charge in [-0.25, -0.2) is 0 Å². The second kappa shape index (κ2) is 5.19. The summed E-state index contributed by atoms with van der Waals surface area (Å²) in [4.78, 5) is 12.3. The van der Waals surface area contributed by atoms with Crippen molar-refractivity contribution in [2.45, 2.75) is 0 Å². The van der Waals surface area contributed by atoms with Gasteiger partial charge in [0.25, 0.3) is 0 Å². The molecular formula is C13H8Cl3NO. The second-order valence-corrected chi connectivity index (χ2v) is 4.94. The minimum Gasteiger partial charge on any atom is -0.399 e. The minimum atomic E-state index is -0.262. The molecule has 0 heterocycles. The zero-order valence-corrected chi connectivity index (χ0v) is 11.4. The highest BCUT2D eigenvalue weighted by molar-refractivity contribution is 6.39. The molecule has 0 aromatic heterocycles. The SMILES string of the molecule is Nc1ccc(C(=O)c2ccc(Cl)cc2Cl)c(Cl)c1. The van der Waals surface area contributed by atoms with Crippen LogP contribution in [0.5, 0.6) is 0 Å².